The minimum absolute atomic E-state index is 0.0921. The van der Waals surface area contributed by atoms with Gasteiger partial charge in [-0.2, -0.15) is 0 Å². The Labute approximate surface area is 272 Å². The van der Waals surface area contributed by atoms with Crippen molar-refractivity contribution in [1.82, 2.24) is 15.0 Å². The van der Waals surface area contributed by atoms with E-state index in [0.29, 0.717) is 11.1 Å². The summed E-state index contributed by atoms with van der Waals surface area (Å²) in [7, 11) is 0. The van der Waals surface area contributed by atoms with Crippen LogP contribution in [0.4, 0.5) is 0 Å². The van der Waals surface area contributed by atoms with E-state index in [9.17, 15) is 4.11 Å². The van der Waals surface area contributed by atoms with Crippen LogP contribution in [0.1, 0.15) is 15.1 Å². The molecule has 9 rings (SSSR count). The van der Waals surface area contributed by atoms with E-state index in [2.05, 4.69) is 0 Å². The second-order valence-corrected chi connectivity index (χ2v) is 11.0. The lowest BCUT2D eigenvalue weighted by Gasteiger charge is -2.09. The van der Waals surface area contributed by atoms with Crippen LogP contribution in [-0.2, 0) is 0 Å². The van der Waals surface area contributed by atoms with E-state index in [1.807, 2.05) is 72.8 Å². The second-order valence-electron chi connectivity index (χ2n) is 9.96. The molecule has 0 spiro atoms. The first kappa shape index (κ1) is 16.3. The van der Waals surface area contributed by atoms with Crippen molar-refractivity contribution in [3.05, 3.63) is 139 Å². The molecule has 0 fully saturated rings. The second kappa shape index (κ2) is 9.97. The molecule has 0 atom stereocenters. The molecular weight excluding hydrogens is 559 g/mol. The highest BCUT2D eigenvalue weighted by Gasteiger charge is 2.18. The third-order valence-electron chi connectivity index (χ3n) is 7.35. The molecule has 3 aromatic heterocycles. The van der Waals surface area contributed by atoms with Gasteiger partial charge in [-0.3, -0.25) is 0 Å². The highest BCUT2D eigenvalue weighted by atomic mass is 32.1. The molecule has 0 aliphatic carbocycles. The molecule has 5 heteroatoms. The molecule has 0 aliphatic heterocycles. The van der Waals surface area contributed by atoms with Gasteiger partial charge in [0.2, 0.25) is 0 Å². The fraction of sp³-hybridized carbons (Fsp3) is 0. The van der Waals surface area contributed by atoms with Gasteiger partial charge in [-0.05, 0) is 29.8 Å². The van der Waals surface area contributed by atoms with Crippen molar-refractivity contribution >= 4 is 53.4 Å². The fourth-order valence-corrected chi connectivity index (χ4v) is 6.50. The lowest BCUT2D eigenvalue weighted by atomic mass is 10.0. The molecule has 0 aliphatic rings. The maximum atomic E-state index is 9.44. The third kappa shape index (κ3) is 4.02. The summed E-state index contributed by atoms with van der Waals surface area (Å²) in [6, 6.07) is 16.4. The molecule has 4 nitrogen and oxygen atoms in total. The molecule has 0 bridgehead atoms. The van der Waals surface area contributed by atoms with Crippen LogP contribution in [-0.4, -0.2) is 15.0 Å². The topological polar surface area (TPSA) is 51.8 Å². The van der Waals surface area contributed by atoms with Gasteiger partial charge in [0.05, 0.1) is 15.1 Å². The van der Waals surface area contributed by atoms with Crippen LogP contribution in [0.25, 0.3) is 87.4 Å². The first-order valence-corrected chi connectivity index (χ1v) is 14.5. The summed E-state index contributed by atoms with van der Waals surface area (Å²) in [5.74, 6) is 0.426. The number of aromatic nitrogens is 3. The van der Waals surface area contributed by atoms with Crippen molar-refractivity contribution in [2.45, 2.75) is 0 Å². The molecule has 0 saturated heterocycles. The molecule has 44 heavy (non-hydrogen) atoms. The summed E-state index contributed by atoms with van der Waals surface area (Å²) in [4.78, 5) is 14.4. The highest BCUT2D eigenvalue weighted by Crippen LogP contribution is 2.40. The molecule has 9 aromatic rings. The molecular formula is C39H23N3OS. The lowest BCUT2D eigenvalue weighted by molar-refractivity contribution is 0.670. The van der Waals surface area contributed by atoms with Gasteiger partial charge in [-0.15, -0.1) is 11.3 Å². The van der Waals surface area contributed by atoms with Gasteiger partial charge >= 0.3 is 0 Å². The van der Waals surface area contributed by atoms with Crippen molar-refractivity contribution in [2.75, 3.05) is 0 Å². The molecule has 0 unspecified atom stereocenters. The van der Waals surface area contributed by atoms with Gasteiger partial charge in [-0.1, -0.05) is 115 Å². The average Bonchev–Trinajstić information content (AvgIpc) is 3.79. The predicted molar refractivity (Wildman–Crippen MR) is 182 cm³/mol. The Morgan fingerprint density at radius 2 is 1.30 bits per heavy atom. The van der Waals surface area contributed by atoms with Gasteiger partial charge in [0, 0.05) is 53.2 Å². The lowest BCUT2D eigenvalue weighted by Crippen LogP contribution is -2.00. The van der Waals surface area contributed by atoms with E-state index in [1.54, 1.807) is 11.3 Å². The van der Waals surface area contributed by atoms with Crippen molar-refractivity contribution < 1.29 is 19.5 Å². The van der Waals surface area contributed by atoms with E-state index >= 15 is 0 Å². The van der Waals surface area contributed by atoms with E-state index < -0.39 is 72.0 Å². The van der Waals surface area contributed by atoms with Crippen molar-refractivity contribution in [1.29, 1.82) is 0 Å². The molecule has 0 saturated carbocycles. The summed E-state index contributed by atoms with van der Waals surface area (Å²) >= 11 is 1.62. The van der Waals surface area contributed by atoms with E-state index in [0.717, 1.165) is 20.2 Å². The number of thiophene rings is 1. The Morgan fingerprint density at radius 3 is 2.18 bits per heavy atom. The Hall–Kier alpha value is -5.65. The van der Waals surface area contributed by atoms with Gasteiger partial charge in [0.15, 0.2) is 17.5 Å². The molecule has 0 N–H and O–H groups in total. The largest absolute Gasteiger partial charge is 0.455 e. The summed E-state index contributed by atoms with van der Waals surface area (Å²) in [5.41, 5.74) is -0.242. The zero-order valence-electron chi connectivity index (χ0n) is 33.6. The maximum Gasteiger partial charge on any atom is 0.164 e. The van der Waals surface area contributed by atoms with E-state index in [4.69, 9.17) is 30.3 Å². The Balaban J connectivity index is 1.37. The minimum Gasteiger partial charge on any atom is -0.455 e. The van der Waals surface area contributed by atoms with Gasteiger partial charge < -0.3 is 4.42 Å². The Kier molecular flexibility index (Phi) is 3.69. The first-order valence-electron chi connectivity index (χ1n) is 19.1. The molecule has 0 radical (unpaired) electrons. The number of benzene rings is 6. The molecule has 0 amide bonds. The Bertz CT molecular complexity index is 3100. The van der Waals surface area contributed by atoms with Crippen LogP contribution in [0.5, 0.6) is 0 Å². The van der Waals surface area contributed by atoms with E-state index in [-0.39, 0.29) is 50.5 Å². The number of furan rings is 1. The highest BCUT2D eigenvalue weighted by molar-refractivity contribution is 7.25. The van der Waals surface area contributed by atoms with Crippen LogP contribution in [0.3, 0.4) is 0 Å². The zero-order chi connectivity index (χ0) is 38.6. The first-order chi connectivity index (χ1) is 26.4. The summed E-state index contributed by atoms with van der Waals surface area (Å²) in [6.45, 7) is 0. The monoisotopic (exact) mass is 592 g/mol. The van der Waals surface area contributed by atoms with Crippen molar-refractivity contribution in [3.8, 4) is 45.3 Å². The van der Waals surface area contributed by atoms with E-state index in [1.165, 1.54) is 0 Å². The molecule has 6 aromatic carbocycles. The quantitative estimate of drug-likeness (QED) is 0.204. The number of nitrogens with zero attached hydrogens (tertiary/aromatic N) is 3. The summed E-state index contributed by atoms with van der Waals surface area (Å²) < 4.78 is 104. The van der Waals surface area contributed by atoms with Crippen LogP contribution in [0, 0.1) is 0 Å². The smallest absolute Gasteiger partial charge is 0.164 e. The Morgan fingerprint density at radius 1 is 0.523 bits per heavy atom. The third-order valence-corrected chi connectivity index (χ3v) is 8.48. The number of fused-ring (bicyclic) bond motifs is 6. The SMILES string of the molecule is [2H]c1c([2H])c([2H])c(-c2c([2H])c([2H])c([2H])c3c2oc2c([2H])c(-c4nc(-c5ccccc5)nc(-c5cccc6sc7ccccc7c56)n4)c([2H])c([2H])c23)c([2H])c1[2H]. The van der Waals surface area contributed by atoms with Crippen LogP contribution >= 0.6 is 11.3 Å². The van der Waals surface area contributed by atoms with Crippen LogP contribution < -0.4 is 0 Å². The van der Waals surface area contributed by atoms with Gasteiger partial charge in [-0.25, -0.2) is 15.0 Å². The number of rotatable bonds is 4. The standard InChI is InChI=1S/C39H23N3OS/c1-3-11-24(12-4-1)27-16-9-17-29-28-22-21-26(23-32(28)43-36(27)29)38-40-37(25-13-5-2-6-14-25)41-39(42-38)31-18-10-20-34-35(31)30-15-7-8-19-33(30)44-34/h1-23H/i1D,3D,4D,9D,11D,12D,16D,17D,21D,22D,23D. The normalized spacial score (nSPS) is 15.1. The number of hydrogen-bond donors (Lipinski definition) is 0. The maximum absolute atomic E-state index is 9.44. The van der Waals surface area contributed by atoms with Crippen molar-refractivity contribution in [2.24, 2.45) is 0 Å². The zero-order valence-corrected chi connectivity index (χ0v) is 23.4. The van der Waals surface area contributed by atoms with Crippen LogP contribution in [0.15, 0.2) is 144 Å². The summed E-state index contributed by atoms with van der Waals surface area (Å²) in [6.07, 6.45) is 0. The molecule has 3 heterocycles. The predicted octanol–water partition coefficient (Wildman–Crippen LogP) is 10.8. The molecule has 206 valence electrons. The number of hydrogen-bond acceptors (Lipinski definition) is 5. The number of para-hydroxylation sites is 1. The van der Waals surface area contributed by atoms with Crippen LogP contribution in [0.2, 0.25) is 0 Å². The van der Waals surface area contributed by atoms with Gasteiger partial charge in [0.25, 0.3) is 0 Å². The minimum atomic E-state index is -0.676. The average molecular weight is 593 g/mol. The van der Waals surface area contributed by atoms with Gasteiger partial charge in [0.1, 0.15) is 11.2 Å². The fourth-order valence-electron chi connectivity index (χ4n) is 5.36. The summed E-state index contributed by atoms with van der Waals surface area (Å²) in [5, 5.41) is 1.55. The van der Waals surface area contributed by atoms with Crippen molar-refractivity contribution in [3.63, 3.8) is 0 Å².